The highest BCUT2D eigenvalue weighted by molar-refractivity contribution is 7.89. The summed E-state index contributed by atoms with van der Waals surface area (Å²) in [6.45, 7) is 5.49. The van der Waals surface area contributed by atoms with Crippen LogP contribution in [-0.4, -0.2) is 19.3 Å². The number of rotatable bonds is 6. The number of hydrogen-bond donors (Lipinski definition) is 0. The highest BCUT2D eigenvalue weighted by Gasteiger charge is 2.24. The fraction of sp³-hybridized carbons (Fsp3) is 0.200. The molecule has 0 saturated carbocycles. The third-order valence-corrected chi connectivity index (χ3v) is 6.08. The van der Waals surface area contributed by atoms with Crippen molar-refractivity contribution in [2.75, 3.05) is 6.54 Å². The lowest BCUT2D eigenvalue weighted by Crippen LogP contribution is -2.30. The molecule has 0 aliphatic rings. The van der Waals surface area contributed by atoms with E-state index in [2.05, 4.69) is 6.58 Å². The molecule has 7 heteroatoms. The van der Waals surface area contributed by atoms with Gasteiger partial charge in [0.1, 0.15) is 5.82 Å². The van der Waals surface area contributed by atoms with Gasteiger partial charge in [-0.2, -0.15) is 4.31 Å². The van der Waals surface area contributed by atoms with E-state index >= 15 is 0 Å². The van der Waals surface area contributed by atoms with Gasteiger partial charge < -0.3 is 0 Å². The molecule has 1 aromatic heterocycles. The van der Waals surface area contributed by atoms with Crippen molar-refractivity contribution in [3.63, 3.8) is 0 Å². The van der Waals surface area contributed by atoms with Crippen LogP contribution in [0.4, 0.5) is 4.39 Å². The van der Waals surface area contributed by atoms with Crippen LogP contribution in [0.15, 0.2) is 47.9 Å². The summed E-state index contributed by atoms with van der Waals surface area (Å²) < 4.78 is 40.7. The number of hydrogen-bond acceptors (Lipinski definition) is 3. The zero-order chi connectivity index (χ0) is 16.3. The Hall–Kier alpha value is -1.21. The molecular weight excluding hydrogens is 345 g/mol. The second-order valence-corrected chi connectivity index (χ2v) is 8.44. The van der Waals surface area contributed by atoms with E-state index in [4.69, 9.17) is 11.6 Å². The van der Waals surface area contributed by atoms with E-state index in [1.165, 1.54) is 40.8 Å². The van der Waals surface area contributed by atoms with Crippen LogP contribution in [0, 0.1) is 12.7 Å². The minimum atomic E-state index is -3.73. The Morgan fingerprint density at radius 3 is 2.64 bits per heavy atom. The van der Waals surface area contributed by atoms with Crippen molar-refractivity contribution in [2.45, 2.75) is 18.4 Å². The van der Waals surface area contributed by atoms with Crippen LogP contribution in [0.2, 0.25) is 4.34 Å². The lowest BCUT2D eigenvalue weighted by Gasteiger charge is -2.20. The maximum absolute atomic E-state index is 13.3. The molecule has 118 valence electrons. The first-order valence-electron chi connectivity index (χ1n) is 6.46. The predicted octanol–water partition coefficient (Wildman–Crippen LogP) is 4.23. The van der Waals surface area contributed by atoms with Crippen LogP contribution < -0.4 is 0 Å². The highest BCUT2D eigenvalue weighted by atomic mass is 35.5. The predicted molar refractivity (Wildman–Crippen MR) is 88.3 cm³/mol. The summed E-state index contributed by atoms with van der Waals surface area (Å²) in [6, 6.07) is 7.28. The first kappa shape index (κ1) is 17.1. The average Bonchev–Trinajstić information content (AvgIpc) is 2.86. The van der Waals surface area contributed by atoms with Crippen molar-refractivity contribution in [3.05, 3.63) is 63.6 Å². The van der Waals surface area contributed by atoms with E-state index in [0.29, 0.717) is 9.90 Å². The molecule has 2 rings (SSSR count). The van der Waals surface area contributed by atoms with Gasteiger partial charge in [-0.1, -0.05) is 17.7 Å². The summed E-state index contributed by atoms with van der Waals surface area (Å²) in [5, 5.41) is 0. The SMILES string of the molecule is C=CCN(Cc1ccc(Cl)s1)S(=O)(=O)c1ccc(F)c(C)c1. The molecule has 3 nitrogen and oxygen atoms in total. The maximum atomic E-state index is 13.3. The van der Waals surface area contributed by atoms with E-state index in [0.717, 1.165) is 10.9 Å². The van der Waals surface area contributed by atoms with Gasteiger partial charge in [0.15, 0.2) is 0 Å². The van der Waals surface area contributed by atoms with Gasteiger partial charge in [-0.05, 0) is 42.8 Å². The normalized spacial score (nSPS) is 11.8. The van der Waals surface area contributed by atoms with Crippen molar-refractivity contribution in [1.82, 2.24) is 4.31 Å². The summed E-state index contributed by atoms with van der Waals surface area (Å²) in [5.74, 6) is -0.431. The maximum Gasteiger partial charge on any atom is 0.243 e. The standard InChI is InChI=1S/C15H15ClFNO2S2/c1-3-8-18(10-12-4-7-15(16)21-12)22(19,20)13-5-6-14(17)11(2)9-13/h3-7,9H,1,8,10H2,2H3. The summed E-state index contributed by atoms with van der Waals surface area (Å²) in [4.78, 5) is 0.894. The molecule has 0 unspecified atom stereocenters. The second-order valence-electron chi connectivity index (χ2n) is 4.70. The molecule has 22 heavy (non-hydrogen) atoms. The van der Waals surface area contributed by atoms with Gasteiger partial charge in [-0.15, -0.1) is 17.9 Å². The van der Waals surface area contributed by atoms with Crippen LogP contribution in [0.1, 0.15) is 10.4 Å². The zero-order valence-corrected chi connectivity index (χ0v) is 14.3. The number of benzene rings is 1. The van der Waals surface area contributed by atoms with Crippen molar-refractivity contribution in [1.29, 1.82) is 0 Å². The van der Waals surface area contributed by atoms with Gasteiger partial charge in [0.2, 0.25) is 10.0 Å². The molecule has 0 fully saturated rings. The van der Waals surface area contributed by atoms with Crippen LogP contribution >= 0.6 is 22.9 Å². The number of halogens is 2. The lowest BCUT2D eigenvalue weighted by atomic mass is 10.2. The first-order valence-corrected chi connectivity index (χ1v) is 9.09. The van der Waals surface area contributed by atoms with Crippen LogP contribution in [0.25, 0.3) is 0 Å². The Balaban J connectivity index is 2.36. The molecule has 1 aromatic carbocycles. The van der Waals surface area contributed by atoms with Gasteiger partial charge in [-0.25, -0.2) is 12.8 Å². The first-order chi connectivity index (χ1) is 10.3. The topological polar surface area (TPSA) is 37.4 Å². The fourth-order valence-corrected chi connectivity index (χ4v) is 4.59. The molecule has 1 heterocycles. The molecule has 0 amide bonds. The van der Waals surface area contributed by atoms with Crippen LogP contribution in [-0.2, 0) is 16.6 Å². The van der Waals surface area contributed by atoms with E-state index < -0.39 is 15.8 Å². The Morgan fingerprint density at radius 2 is 2.09 bits per heavy atom. The van der Waals surface area contributed by atoms with Gasteiger partial charge in [-0.3, -0.25) is 0 Å². The smallest absolute Gasteiger partial charge is 0.207 e. The van der Waals surface area contributed by atoms with Crippen molar-refractivity contribution in [2.24, 2.45) is 0 Å². The Kier molecular flexibility index (Phi) is 5.39. The largest absolute Gasteiger partial charge is 0.243 e. The minimum absolute atomic E-state index is 0.0657. The van der Waals surface area contributed by atoms with E-state index in [-0.39, 0.29) is 18.0 Å². The highest BCUT2D eigenvalue weighted by Crippen LogP contribution is 2.26. The summed E-state index contributed by atoms with van der Waals surface area (Å²) >= 11 is 7.20. The van der Waals surface area contributed by atoms with Crippen molar-refractivity contribution >= 4 is 33.0 Å². The lowest BCUT2D eigenvalue weighted by molar-refractivity contribution is 0.441. The number of thiophene rings is 1. The van der Waals surface area contributed by atoms with Gasteiger partial charge in [0.25, 0.3) is 0 Å². The monoisotopic (exact) mass is 359 g/mol. The second kappa shape index (κ2) is 6.91. The number of nitrogens with zero attached hydrogens (tertiary/aromatic N) is 1. The zero-order valence-electron chi connectivity index (χ0n) is 11.9. The quantitative estimate of drug-likeness (QED) is 0.724. The summed E-state index contributed by atoms with van der Waals surface area (Å²) in [6.07, 6.45) is 1.52. The molecule has 0 bridgehead atoms. The third-order valence-electron chi connectivity index (χ3n) is 3.06. The fourth-order valence-electron chi connectivity index (χ4n) is 1.93. The van der Waals surface area contributed by atoms with E-state index in [1.54, 1.807) is 12.1 Å². The van der Waals surface area contributed by atoms with Crippen LogP contribution in [0.3, 0.4) is 0 Å². The Labute approximate surface area is 138 Å². The molecule has 0 aliphatic heterocycles. The molecule has 0 saturated heterocycles. The van der Waals surface area contributed by atoms with Crippen LogP contribution in [0.5, 0.6) is 0 Å². The van der Waals surface area contributed by atoms with Gasteiger partial charge >= 0.3 is 0 Å². The molecule has 0 spiro atoms. The molecular formula is C15H15ClFNO2S2. The van der Waals surface area contributed by atoms with Crippen molar-refractivity contribution in [3.8, 4) is 0 Å². The summed E-state index contributed by atoms with van der Waals surface area (Å²) in [7, 11) is -3.73. The molecule has 0 aliphatic carbocycles. The number of aryl methyl sites for hydroxylation is 1. The number of sulfonamides is 1. The molecule has 0 atom stereocenters. The van der Waals surface area contributed by atoms with E-state index in [1.807, 2.05) is 0 Å². The van der Waals surface area contributed by atoms with Crippen molar-refractivity contribution < 1.29 is 12.8 Å². The van der Waals surface area contributed by atoms with Gasteiger partial charge in [0.05, 0.1) is 9.23 Å². The van der Waals surface area contributed by atoms with Gasteiger partial charge in [0, 0.05) is 18.0 Å². The third kappa shape index (κ3) is 3.76. The average molecular weight is 360 g/mol. The Bertz CT molecular complexity index is 787. The minimum Gasteiger partial charge on any atom is -0.207 e. The molecule has 0 radical (unpaired) electrons. The molecule has 0 N–H and O–H groups in total. The summed E-state index contributed by atoms with van der Waals surface area (Å²) in [5.41, 5.74) is 0.291. The molecule has 2 aromatic rings. The Morgan fingerprint density at radius 1 is 1.36 bits per heavy atom. The van der Waals surface area contributed by atoms with E-state index in [9.17, 15) is 12.8 Å².